The van der Waals surface area contributed by atoms with Gasteiger partial charge in [-0.3, -0.25) is 0 Å². The van der Waals surface area contributed by atoms with E-state index in [0.29, 0.717) is 0 Å². The fraction of sp³-hybridized carbons (Fsp3) is 0.0612. The molecule has 0 fully saturated rings. The molecule has 0 spiro atoms. The number of aromatic nitrogens is 4. The highest BCUT2D eigenvalue weighted by molar-refractivity contribution is 6.21. The van der Waals surface area contributed by atoms with Crippen LogP contribution in [-0.4, -0.2) is 19.1 Å². The summed E-state index contributed by atoms with van der Waals surface area (Å²) in [4.78, 5) is 10.6. The Morgan fingerprint density at radius 2 is 1.21 bits per heavy atom. The Morgan fingerprint density at radius 3 is 2.06 bits per heavy atom. The highest BCUT2D eigenvalue weighted by atomic mass is 15.0. The molecule has 0 radical (unpaired) electrons. The normalized spacial score (nSPS) is 13.2. The molecule has 53 heavy (non-hydrogen) atoms. The van der Waals surface area contributed by atoms with Crippen molar-refractivity contribution in [3.8, 4) is 45.1 Å². The molecule has 0 saturated heterocycles. The van der Waals surface area contributed by atoms with E-state index in [1.165, 1.54) is 38.5 Å². The van der Waals surface area contributed by atoms with Crippen LogP contribution in [0, 0.1) is 0 Å². The maximum absolute atomic E-state index is 5.41. The van der Waals surface area contributed by atoms with Gasteiger partial charge in [0.15, 0.2) is 5.82 Å². The van der Waals surface area contributed by atoms with Crippen LogP contribution in [0.3, 0.4) is 0 Å². The van der Waals surface area contributed by atoms with Gasteiger partial charge in [0.1, 0.15) is 0 Å². The molecule has 3 aromatic heterocycles. The van der Waals surface area contributed by atoms with Gasteiger partial charge in [0, 0.05) is 55.7 Å². The zero-order valence-corrected chi connectivity index (χ0v) is 29.5. The monoisotopic (exact) mass is 678 g/mol. The van der Waals surface area contributed by atoms with Gasteiger partial charge in [0.2, 0.25) is 0 Å². The highest BCUT2D eigenvalue weighted by Crippen LogP contribution is 2.50. The van der Waals surface area contributed by atoms with E-state index < -0.39 is 0 Å². The zero-order valence-electron chi connectivity index (χ0n) is 29.5. The second kappa shape index (κ2) is 11.1. The summed E-state index contributed by atoms with van der Waals surface area (Å²) in [5.74, 6) is 0.717. The minimum atomic E-state index is -0.103. The third-order valence-corrected chi connectivity index (χ3v) is 11.3. The Kier molecular flexibility index (Phi) is 6.27. The van der Waals surface area contributed by atoms with Gasteiger partial charge in [-0.25, -0.2) is 9.97 Å². The first kappa shape index (κ1) is 29.9. The van der Waals surface area contributed by atoms with Crippen molar-refractivity contribution in [2.24, 2.45) is 0 Å². The van der Waals surface area contributed by atoms with Gasteiger partial charge in [-0.2, -0.15) is 0 Å². The third-order valence-electron chi connectivity index (χ3n) is 11.3. The number of nitrogens with zero attached hydrogens (tertiary/aromatic N) is 4. The van der Waals surface area contributed by atoms with E-state index in [9.17, 15) is 0 Å². The van der Waals surface area contributed by atoms with Crippen LogP contribution >= 0.6 is 0 Å². The zero-order chi connectivity index (χ0) is 35.3. The number of para-hydroxylation sites is 3. The van der Waals surface area contributed by atoms with E-state index in [0.717, 1.165) is 61.3 Å². The second-order valence-electron chi connectivity index (χ2n) is 14.7. The molecule has 10 aromatic rings. The predicted molar refractivity (Wildman–Crippen MR) is 219 cm³/mol. The molecule has 0 unspecified atom stereocenters. The standard InChI is InChI=1S/C49H34N4/c1-49(2)40-19-11-9-17-36(40)37-24-21-32(30-41(37)49)46-38-18-10-12-20-42(38)50-48(51-46)33-23-25-43-39(29-33)45-44(53(43)35-15-7-4-8-16-35)26-22-31-27-28-52(47(31)45)34-13-5-3-6-14-34/h3-30H,1-2H3. The van der Waals surface area contributed by atoms with Crippen molar-refractivity contribution in [2.45, 2.75) is 19.3 Å². The smallest absolute Gasteiger partial charge is 0.160 e. The van der Waals surface area contributed by atoms with E-state index >= 15 is 0 Å². The molecule has 7 aromatic carbocycles. The fourth-order valence-electron chi connectivity index (χ4n) is 8.81. The van der Waals surface area contributed by atoms with Gasteiger partial charge >= 0.3 is 0 Å². The topological polar surface area (TPSA) is 35.6 Å². The van der Waals surface area contributed by atoms with Crippen LogP contribution in [-0.2, 0) is 5.41 Å². The molecule has 0 amide bonds. The largest absolute Gasteiger partial charge is 0.316 e. The molecular formula is C49H34N4. The molecule has 0 saturated carbocycles. The van der Waals surface area contributed by atoms with E-state index in [1.54, 1.807) is 0 Å². The lowest BCUT2D eigenvalue weighted by atomic mass is 9.82. The molecule has 1 aliphatic carbocycles. The molecular weight excluding hydrogens is 645 g/mol. The van der Waals surface area contributed by atoms with E-state index in [1.807, 2.05) is 0 Å². The molecule has 250 valence electrons. The average Bonchev–Trinajstić information content (AvgIpc) is 3.86. The van der Waals surface area contributed by atoms with Crippen molar-refractivity contribution in [1.29, 1.82) is 0 Å². The van der Waals surface area contributed by atoms with Crippen LogP contribution in [0.1, 0.15) is 25.0 Å². The Labute approximate surface area is 307 Å². The highest BCUT2D eigenvalue weighted by Gasteiger charge is 2.35. The Balaban J connectivity index is 1.16. The predicted octanol–water partition coefficient (Wildman–Crippen LogP) is 12.3. The number of hydrogen-bond acceptors (Lipinski definition) is 2. The van der Waals surface area contributed by atoms with Gasteiger partial charge in [-0.15, -0.1) is 0 Å². The first-order chi connectivity index (χ1) is 26.0. The summed E-state index contributed by atoms with van der Waals surface area (Å²) in [6.45, 7) is 4.66. The number of rotatable bonds is 4. The molecule has 0 N–H and O–H groups in total. The molecule has 3 heterocycles. The molecule has 0 aliphatic heterocycles. The van der Waals surface area contributed by atoms with Crippen molar-refractivity contribution in [3.05, 3.63) is 181 Å². The Bertz CT molecular complexity index is 3080. The minimum Gasteiger partial charge on any atom is -0.316 e. The quantitative estimate of drug-likeness (QED) is 0.186. The first-order valence-corrected chi connectivity index (χ1v) is 18.3. The van der Waals surface area contributed by atoms with Crippen LogP contribution in [0.5, 0.6) is 0 Å². The Hall–Kier alpha value is -6.78. The van der Waals surface area contributed by atoms with Gasteiger partial charge < -0.3 is 9.13 Å². The average molecular weight is 679 g/mol. The second-order valence-corrected chi connectivity index (χ2v) is 14.7. The van der Waals surface area contributed by atoms with E-state index in [2.05, 4.69) is 193 Å². The molecule has 4 nitrogen and oxygen atoms in total. The molecule has 4 heteroatoms. The summed E-state index contributed by atoms with van der Waals surface area (Å²) < 4.78 is 4.70. The van der Waals surface area contributed by atoms with Crippen molar-refractivity contribution in [3.63, 3.8) is 0 Å². The Morgan fingerprint density at radius 1 is 0.509 bits per heavy atom. The summed E-state index contributed by atoms with van der Waals surface area (Å²) in [6.07, 6.45) is 2.18. The van der Waals surface area contributed by atoms with Crippen LogP contribution in [0.25, 0.3) is 88.8 Å². The summed E-state index contributed by atoms with van der Waals surface area (Å²) in [5.41, 5.74) is 15.0. The summed E-state index contributed by atoms with van der Waals surface area (Å²) in [7, 11) is 0. The lowest BCUT2D eigenvalue weighted by Gasteiger charge is -2.22. The minimum absolute atomic E-state index is 0.103. The maximum Gasteiger partial charge on any atom is 0.160 e. The third kappa shape index (κ3) is 4.36. The summed E-state index contributed by atoms with van der Waals surface area (Å²) in [6, 6.07) is 58.8. The summed E-state index contributed by atoms with van der Waals surface area (Å²) >= 11 is 0. The lowest BCUT2D eigenvalue weighted by molar-refractivity contribution is 0.660. The maximum atomic E-state index is 5.41. The van der Waals surface area contributed by atoms with Crippen LogP contribution in [0.15, 0.2) is 170 Å². The van der Waals surface area contributed by atoms with Crippen molar-refractivity contribution in [2.75, 3.05) is 0 Å². The van der Waals surface area contributed by atoms with Crippen molar-refractivity contribution in [1.82, 2.24) is 19.1 Å². The van der Waals surface area contributed by atoms with E-state index in [-0.39, 0.29) is 5.41 Å². The van der Waals surface area contributed by atoms with Crippen LogP contribution in [0.4, 0.5) is 0 Å². The molecule has 0 atom stereocenters. The number of benzene rings is 7. The summed E-state index contributed by atoms with van der Waals surface area (Å²) in [5, 5.41) is 4.62. The van der Waals surface area contributed by atoms with Gasteiger partial charge in [-0.05, 0) is 89.0 Å². The lowest BCUT2D eigenvalue weighted by Crippen LogP contribution is -2.14. The van der Waals surface area contributed by atoms with Gasteiger partial charge in [0.25, 0.3) is 0 Å². The van der Waals surface area contributed by atoms with Crippen LogP contribution in [0.2, 0.25) is 0 Å². The van der Waals surface area contributed by atoms with Crippen molar-refractivity contribution >= 4 is 43.6 Å². The molecule has 0 bridgehead atoms. The van der Waals surface area contributed by atoms with E-state index in [4.69, 9.17) is 9.97 Å². The van der Waals surface area contributed by atoms with Gasteiger partial charge in [0.05, 0.1) is 27.8 Å². The van der Waals surface area contributed by atoms with Crippen LogP contribution < -0.4 is 0 Å². The number of hydrogen-bond donors (Lipinski definition) is 0. The molecule has 11 rings (SSSR count). The molecule has 1 aliphatic rings. The van der Waals surface area contributed by atoms with Gasteiger partial charge in [-0.1, -0.05) is 111 Å². The number of fused-ring (bicyclic) bond motifs is 9. The fourth-order valence-corrected chi connectivity index (χ4v) is 8.81. The first-order valence-electron chi connectivity index (χ1n) is 18.3. The van der Waals surface area contributed by atoms with Crippen molar-refractivity contribution < 1.29 is 0 Å². The SMILES string of the molecule is CC1(C)c2ccccc2-c2ccc(-c3nc(-c4ccc5c(c4)c4c6c(ccc4n5-c4ccccc4)ccn6-c4ccccc4)nc4ccccc34)cc21.